The van der Waals surface area contributed by atoms with Crippen LogP contribution in [0.5, 0.6) is 5.75 Å². The molecule has 0 N–H and O–H groups in total. The van der Waals surface area contributed by atoms with Crippen LogP contribution in [-0.2, 0) is 13.2 Å². The van der Waals surface area contributed by atoms with Gasteiger partial charge in [0.2, 0.25) is 0 Å². The molecule has 0 fully saturated rings. The normalized spacial score (nSPS) is 12.7. The molecular weight excluding hydrogens is 360 g/mol. The third kappa shape index (κ3) is 3.13. The molecule has 2 heterocycles. The van der Waals surface area contributed by atoms with E-state index in [1.165, 1.54) is 0 Å². The van der Waals surface area contributed by atoms with Crippen LogP contribution < -0.4 is 10.3 Å². The minimum atomic E-state index is 0.0291. The summed E-state index contributed by atoms with van der Waals surface area (Å²) in [6, 6.07) is 13.7. The fraction of sp³-hybridized carbons (Fsp3) is 0.318. The number of halogens is 1. The van der Waals surface area contributed by atoms with Crippen LogP contribution in [0.4, 0.5) is 0 Å². The van der Waals surface area contributed by atoms with E-state index in [4.69, 9.17) is 16.3 Å². The van der Waals surface area contributed by atoms with Crippen molar-refractivity contribution in [3.05, 3.63) is 63.4 Å². The average Bonchev–Trinajstić information content (AvgIpc) is 2.70. The number of nitrogens with zero attached hydrogens (tertiary/aromatic N) is 2. The molecule has 1 aliphatic heterocycles. The fourth-order valence-electron chi connectivity index (χ4n) is 3.88. The van der Waals surface area contributed by atoms with E-state index in [-0.39, 0.29) is 5.56 Å². The standard InChI is InChI=1S/C22H23ClN2O2/c1-3-24(4-2)11-12-25-19-10-9-15(23)13-17(19)21-16-7-5-6-8-20(16)27-14-18(21)22(25)26/h5-10,13H,3-4,11-12,14H2,1-2H3. The number of para-hydroxylation sites is 1. The van der Waals surface area contributed by atoms with Crippen molar-refractivity contribution in [2.24, 2.45) is 0 Å². The van der Waals surface area contributed by atoms with Gasteiger partial charge < -0.3 is 14.2 Å². The second kappa shape index (κ2) is 7.37. The van der Waals surface area contributed by atoms with E-state index in [1.54, 1.807) is 0 Å². The maximum atomic E-state index is 13.3. The maximum absolute atomic E-state index is 13.3. The molecule has 4 nitrogen and oxygen atoms in total. The van der Waals surface area contributed by atoms with Crippen molar-refractivity contribution < 1.29 is 4.74 Å². The molecule has 0 aliphatic carbocycles. The van der Waals surface area contributed by atoms with Gasteiger partial charge in [-0.2, -0.15) is 0 Å². The Morgan fingerprint density at radius 3 is 2.70 bits per heavy atom. The van der Waals surface area contributed by atoms with Gasteiger partial charge in [0.05, 0.1) is 11.1 Å². The molecule has 140 valence electrons. The summed E-state index contributed by atoms with van der Waals surface area (Å²) < 4.78 is 7.75. The summed E-state index contributed by atoms with van der Waals surface area (Å²) in [5.41, 5.74) is 3.58. The van der Waals surface area contributed by atoms with Crippen LogP contribution in [-0.4, -0.2) is 29.1 Å². The lowest BCUT2D eigenvalue weighted by Gasteiger charge is -2.25. The number of hydrogen-bond acceptors (Lipinski definition) is 3. The lowest BCUT2D eigenvalue weighted by Crippen LogP contribution is -2.33. The zero-order valence-electron chi connectivity index (χ0n) is 15.7. The summed E-state index contributed by atoms with van der Waals surface area (Å²) in [5.74, 6) is 0.812. The van der Waals surface area contributed by atoms with Crippen LogP contribution >= 0.6 is 11.6 Å². The number of ether oxygens (including phenoxy) is 1. The molecule has 2 aromatic carbocycles. The SMILES string of the molecule is CCN(CC)CCn1c(=O)c2c(c3cc(Cl)ccc31)-c1ccccc1OC2. The molecule has 0 spiro atoms. The molecule has 0 bridgehead atoms. The summed E-state index contributed by atoms with van der Waals surface area (Å²) in [4.78, 5) is 15.7. The third-order valence-electron chi connectivity index (χ3n) is 5.39. The molecule has 1 aliphatic rings. The van der Waals surface area contributed by atoms with Gasteiger partial charge in [0.25, 0.3) is 5.56 Å². The van der Waals surface area contributed by atoms with Gasteiger partial charge in [-0.25, -0.2) is 0 Å². The Labute approximate surface area is 163 Å². The van der Waals surface area contributed by atoms with Gasteiger partial charge >= 0.3 is 0 Å². The minimum Gasteiger partial charge on any atom is -0.488 e. The molecule has 0 radical (unpaired) electrons. The van der Waals surface area contributed by atoms with Gasteiger partial charge in [0.1, 0.15) is 12.4 Å². The number of likely N-dealkylation sites (N-methyl/N-ethyl adjacent to an activating group) is 1. The molecule has 5 heteroatoms. The molecule has 0 unspecified atom stereocenters. The smallest absolute Gasteiger partial charge is 0.258 e. The zero-order valence-corrected chi connectivity index (χ0v) is 16.4. The molecule has 4 rings (SSSR count). The van der Waals surface area contributed by atoms with E-state index < -0.39 is 0 Å². The molecule has 27 heavy (non-hydrogen) atoms. The van der Waals surface area contributed by atoms with Gasteiger partial charge in [0, 0.05) is 34.6 Å². The summed E-state index contributed by atoms with van der Waals surface area (Å²) in [6.45, 7) is 7.99. The van der Waals surface area contributed by atoms with E-state index >= 15 is 0 Å². The number of hydrogen-bond donors (Lipinski definition) is 0. The van der Waals surface area contributed by atoms with Crippen molar-refractivity contribution in [2.75, 3.05) is 19.6 Å². The highest BCUT2D eigenvalue weighted by Gasteiger charge is 2.24. The number of benzene rings is 2. The van der Waals surface area contributed by atoms with E-state index in [1.807, 2.05) is 47.0 Å². The van der Waals surface area contributed by atoms with E-state index in [0.29, 0.717) is 23.7 Å². The van der Waals surface area contributed by atoms with Crippen molar-refractivity contribution in [3.63, 3.8) is 0 Å². The van der Waals surface area contributed by atoms with Crippen LogP contribution in [0.1, 0.15) is 19.4 Å². The van der Waals surface area contributed by atoms with Crippen LogP contribution in [0.2, 0.25) is 5.02 Å². The Morgan fingerprint density at radius 1 is 1.15 bits per heavy atom. The number of fused-ring (bicyclic) bond motifs is 5. The van der Waals surface area contributed by atoms with Crippen molar-refractivity contribution >= 4 is 22.5 Å². The van der Waals surface area contributed by atoms with Gasteiger partial charge in [0.15, 0.2) is 0 Å². The topological polar surface area (TPSA) is 34.5 Å². The molecule has 0 saturated heterocycles. The third-order valence-corrected chi connectivity index (χ3v) is 5.62. The van der Waals surface area contributed by atoms with E-state index in [2.05, 4.69) is 18.7 Å². The first kappa shape index (κ1) is 18.1. The Hall–Kier alpha value is -2.30. The quantitative estimate of drug-likeness (QED) is 0.649. The Bertz CT molecular complexity index is 1050. The summed E-state index contributed by atoms with van der Waals surface area (Å²) in [7, 11) is 0. The number of aromatic nitrogens is 1. The lowest BCUT2D eigenvalue weighted by atomic mass is 9.93. The van der Waals surface area contributed by atoms with Crippen molar-refractivity contribution in [1.82, 2.24) is 9.47 Å². The second-order valence-electron chi connectivity index (χ2n) is 6.78. The minimum absolute atomic E-state index is 0.0291. The van der Waals surface area contributed by atoms with Gasteiger partial charge in [-0.3, -0.25) is 4.79 Å². The molecule has 1 aromatic heterocycles. The zero-order chi connectivity index (χ0) is 19.0. The van der Waals surface area contributed by atoms with Crippen LogP contribution in [0.15, 0.2) is 47.3 Å². The highest BCUT2D eigenvalue weighted by atomic mass is 35.5. The summed E-state index contributed by atoms with van der Waals surface area (Å²) in [6.07, 6.45) is 0. The monoisotopic (exact) mass is 382 g/mol. The van der Waals surface area contributed by atoms with Crippen molar-refractivity contribution in [2.45, 2.75) is 27.0 Å². The average molecular weight is 383 g/mol. The molecule has 0 amide bonds. The first-order valence-electron chi connectivity index (χ1n) is 9.43. The molecule has 0 atom stereocenters. The predicted octanol–water partition coefficient (Wildman–Crippen LogP) is 4.56. The summed E-state index contributed by atoms with van der Waals surface area (Å²) >= 11 is 6.33. The number of rotatable bonds is 5. The molecule has 3 aromatic rings. The highest BCUT2D eigenvalue weighted by Crippen LogP contribution is 2.40. The van der Waals surface area contributed by atoms with Crippen LogP contribution in [0.3, 0.4) is 0 Å². The first-order valence-corrected chi connectivity index (χ1v) is 9.81. The van der Waals surface area contributed by atoms with Gasteiger partial charge in [-0.15, -0.1) is 0 Å². The van der Waals surface area contributed by atoms with Crippen molar-refractivity contribution in [1.29, 1.82) is 0 Å². The van der Waals surface area contributed by atoms with Gasteiger partial charge in [-0.1, -0.05) is 43.6 Å². The number of pyridine rings is 1. The summed E-state index contributed by atoms with van der Waals surface area (Å²) in [5, 5.41) is 1.68. The van der Waals surface area contributed by atoms with Crippen LogP contribution in [0.25, 0.3) is 22.0 Å². The molecular formula is C22H23ClN2O2. The van der Waals surface area contributed by atoms with Crippen molar-refractivity contribution in [3.8, 4) is 16.9 Å². The Balaban J connectivity index is 1.95. The predicted molar refractivity (Wildman–Crippen MR) is 111 cm³/mol. The van der Waals surface area contributed by atoms with E-state index in [9.17, 15) is 4.79 Å². The molecule has 0 saturated carbocycles. The lowest BCUT2D eigenvalue weighted by molar-refractivity contribution is 0.286. The Kier molecular flexibility index (Phi) is 4.94. The van der Waals surface area contributed by atoms with E-state index in [0.717, 1.165) is 47.4 Å². The van der Waals surface area contributed by atoms with Crippen LogP contribution in [0, 0.1) is 0 Å². The first-order chi connectivity index (χ1) is 13.1. The fourth-order valence-corrected chi connectivity index (χ4v) is 4.05. The largest absolute Gasteiger partial charge is 0.488 e. The highest BCUT2D eigenvalue weighted by molar-refractivity contribution is 6.31. The Morgan fingerprint density at radius 2 is 1.93 bits per heavy atom. The van der Waals surface area contributed by atoms with Gasteiger partial charge in [-0.05, 0) is 37.4 Å². The maximum Gasteiger partial charge on any atom is 0.258 e. The second-order valence-corrected chi connectivity index (χ2v) is 7.22.